The van der Waals surface area contributed by atoms with Gasteiger partial charge in [0.1, 0.15) is 0 Å². The Morgan fingerprint density at radius 1 is 0.833 bits per heavy atom. The Balaban J connectivity index is 1.51. The van der Waals surface area contributed by atoms with Gasteiger partial charge in [-0.1, -0.05) is 72.8 Å². The molecule has 0 radical (unpaired) electrons. The standard InChI is InChI=1S/C20H22F2N2/c21-20(22,19-11-5-2-6-12-19)24-16-14-23(15-17-24)13-7-10-18-8-3-1-4-9-18/h1-12H,13-17H2. The lowest BCUT2D eigenvalue weighted by Gasteiger charge is -2.38. The highest BCUT2D eigenvalue weighted by Crippen LogP contribution is 2.32. The zero-order valence-electron chi connectivity index (χ0n) is 13.6. The van der Waals surface area contributed by atoms with Crippen LogP contribution in [-0.2, 0) is 6.05 Å². The molecule has 0 aliphatic carbocycles. The molecular weight excluding hydrogens is 306 g/mol. The van der Waals surface area contributed by atoms with Gasteiger partial charge in [0, 0.05) is 38.3 Å². The highest BCUT2D eigenvalue weighted by molar-refractivity contribution is 5.48. The van der Waals surface area contributed by atoms with Crippen molar-refractivity contribution in [2.75, 3.05) is 32.7 Å². The average molecular weight is 328 g/mol. The van der Waals surface area contributed by atoms with Crippen molar-refractivity contribution in [1.82, 2.24) is 9.80 Å². The molecule has 0 unspecified atom stereocenters. The summed E-state index contributed by atoms with van der Waals surface area (Å²) in [6.07, 6.45) is 4.17. The SMILES string of the molecule is FC(F)(c1ccccc1)N1CCN(CC=Cc2ccccc2)CC1. The van der Waals surface area contributed by atoms with E-state index < -0.39 is 6.05 Å². The summed E-state index contributed by atoms with van der Waals surface area (Å²) in [4.78, 5) is 3.48. The normalized spacial score (nSPS) is 17.4. The average Bonchev–Trinajstić information content (AvgIpc) is 2.64. The predicted molar refractivity (Wildman–Crippen MR) is 93.8 cm³/mol. The van der Waals surface area contributed by atoms with Crippen molar-refractivity contribution in [1.29, 1.82) is 0 Å². The van der Waals surface area contributed by atoms with Gasteiger partial charge in [0.25, 0.3) is 0 Å². The molecule has 1 aliphatic rings. The van der Waals surface area contributed by atoms with E-state index >= 15 is 0 Å². The van der Waals surface area contributed by atoms with Crippen LogP contribution in [0.25, 0.3) is 6.08 Å². The Morgan fingerprint density at radius 2 is 1.42 bits per heavy atom. The van der Waals surface area contributed by atoms with Crippen LogP contribution in [0.15, 0.2) is 66.7 Å². The van der Waals surface area contributed by atoms with Crippen molar-refractivity contribution in [3.05, 3.63) is 77.9 Å². The lowest BCUT2D eigenvalue weighted by molar-refractivity contribution is -0.166. The van der Waals surface area contributed by atoms with Crippen molar-refractivity contribution in [3.8, 4) is 0 Å². The monoisotopic (exact) mass is 328 g/mol. The fourth-order valence-corrected chi connectivity index (χ4v) is 2.93. The molecule has 1 fully saturated rings. The van der Waals surface area contributed by atoms with E-state index in [0.717, 1.165) is 12.1 Å². The summed E-state index contributed by atoms with van der Waals surface area (Å²) in [5.74, 6) is 0. The van der Waals surface area contributed by atoms with Gasteiger partial charge in [-0.15, -0.1) is 0 Å². The Labute approximate surface area is 142 Å². The quantitative estimate of drug-likeness (QED) is 0.764. The van der Waals surface area contributed by atoms with Gasteiger partial charge in [-0.3, -0.25) is 4.90 Å². The van der Waals surface area contributed by atoms with Crippen molar-refractivity contribution >= 4 is 6.08 Å². The minimum atomic E-state index is -2.90. The number of benzene rings is 2. The molecule has 2 aromatic carbocycles. The summed E-state index contributed by atoms with van der Waals surface area (Å²) in [5, 5.41) is 0. The molecule has 0 saturated carbocycles. The molecule has 0 atom stereocenters. The summed E-state index contributed by atoms with van der Waals surface area (Å²) >= 11 is 0. The van der Waals surface area contributed by atoms with Crippen LogP contribution in [0.5, 0.6) is 0 Å². The van der Waals surface area contributed by atoms with Crippen LogP contribution in [0.1, 0.15) is 11.1 Å². The van der Waals surface area contributed by atoms with Crippen LogP contribution in [0.4, 0.5) is 8.78 Å². The number of hydrogen-bond donors (Lipinski definition) is 0. The molecule has 2 nitrogen and oxygen atoms in total. The molecular formula is C20H22F2N2. The molecule has 3 rings (SSSR count). The van der Waals surface area contributed by atoms with Gasteiger partial charge < -0.3 is 0 Å². The third-order valence-corrected chi connectivity index (χ3v) is 4.36. The third kappa shape index (κ3) is 4.08. The Morgan fingerprint density at radius 3 is 2.04 bits per heavy atom. The van der Waals surface area contributed by atoms with Crippen LogP contribution < -0.4 is 0 Å². The van der Waals surface area contributed by atoms with E-state index in [2.05, 4.69) is 29.2 Å². The summed E-state index contributed by atoms with van der Waals surface area (Å²) < 4.78 is 29.1. The topological polar surface area (TPSA) is 6.48 Å². The van der Waals surface area contributed by atoms with E-state index in [9.17, 15) is 8.78 Å². The second-order valence-electron chi connectivity index (χ2n) is 6.01. The highest BCUT2D eigenvalue weighted by atomic mass is 19.3. The molecule has 24 heavy (non-hydrogen) atoms. The minimum absolute atomic E-state index is 0.0717. The van der Waals surface area contributed by atoms with Crippen LogP contribution in [0.2, 0.25) is 0 Å². The minimum Gasteiger partial charge on any atom is -0.297 e. The van der Waals surface area contributed by atoms with Crippen molar-refractivity contribution in [2.24, 2.45) is 0 Å². The molecule has 0 spiro atoms. The van der Waals surface area contributed by atoms with E-state index in [1.54, 1.807) is 18.2 Å². The van der Waals surface area contributed by atoms with Gasteiger partial charge >= 0.3 is 6.05 Å². The zero-order valence-corrected chi connectivity index (χ0v) is 13.6. The van der Waals surface area contributed by atoms with Gasteiger partial charge in [0.05, 0.1) is 0 Å². The number of alkyl halides is 2. The third-order valence-electron chi connectivity index (χ3n) is 4.36. The van der Waals surface area contributed by atoms with Crippen LogP contribution in [0.3, 0.4) is 0 Å². The number of halogens is 2. The fraction of sp³-hybridized carbons (Fsp3) is 0.300. The summed E-state index contributed by atoms with van der Waals surface area (Å²) in [6, 6.07) is 15.3. The smallest absolute Gasteiger partial charge is 0.297 e. The molecule has 4 heteroatoms. The molecule has 0 amide bonds. The molecule has 0 bridgehead atoms. The van der Waals surface area contributed by atoms with Gasteiger partial charge in [-0.2, -0.15) is 8.78 Å². The molecule has 2 aromatic rings. The predicted octanol–water partition coefficient (Wildman–Crippen LogP) is 4.07. The summed E-state index contributed by atoms with van der Waals surface area (Å²) in [5.41, 5.74) is 1.23. The first-order valence-corrected chi connectivity index (χ1v) is 8.28. The first-order valence-electron chi connectivity index (χ1n) is 8.28. The first kappa shape index (κ1) is 16.8. The van der Waals surface area contributed by atoms with E-state index in [1.165, 1.54) is 17.0 Å². The molecule has 1 heterocycles. The van der Waals surface area contributed by atoms with E-state index in [4.69, 9.17) is 0 Å². The lowest BCUT2D eigenvalue weighted by Crippen LogP contribution is -2.52. The lowest BCUT2D eigenvalue weighted by atomic mass is 10.1. The number of hydrogen-bond acceptors (Lipinski definition) is 2. The van der Waals surface area contributed by atoms with Crippen molar-refractivity contribution < 1.29 is 8.78 Å². The van der Waals surface area contributed by atoms with E-state index in [-0.39, 0.29) is 5.56 Å². The maximum Gasteiger partial charge on any atom is 0.331 e. The van der Waals surface area contributed by atoms with E-state index in [0.29, 0.717) is 26.2 Å². The molecule has 126 valence electrons. The second-order valence-corrected chi connectivity index (χ2v) is 6.01. The fourth-order valence-electron chi connectivity index (χ4n) is 2.93. The van der Waals surface area contributed by atoms with Gasteiger partial charge in [0.15, 0.2) is 0 Å². The van der Waals surface area contributed by atoms with Gasteiger partial charge in [0.2, 0.25) is 0 Å². The van der Waals surface area contributed by atoms with Crippen molar-refractivity contribution in [2.45, 2.75) is 6.05 Å². The van der Waals surface area contributed by atoms with Crippen LogP contribution in [-0.4, -0.2) is 42.5 Å². The molecule has 0 N–H and O–H groups in total. The van der Waals surface area contributed by atoms with E-state index in [1.807, 2.05) is 18.2 Å². The van der Waals surface area contributed by atoms with Gasteiger partial charge in [-0.05, 0) is 5.56 Å². The maximum absolute atomic E-state index is 14.5. The molecule has 1 saturated heterocycles. The van der Waals surface area contributed by atoms with Crippen molar-refractivity contribution in [3.63, 3.8) is 0 Å². The summed E-state index contributed by atoms with van der Waals surface area (Å²) in [6.45, 7) is 2.85. The maximum atomic E-state index is 14.5. The Hall–Kier alpha value is -2.04. The van der Waals surface area contributed by atoms with Crippen LogP contribution in [0, 0.1) is 0 Å². The number of piperazine rings is 1. The largest absolute Gasteiger partial charge is 0.331 e. The summed E-state index contributed by atoms with van der Waals surface area (Å²) in [7, 11) is 0. The highest BCUT2D eigenvalue weighted by Gasteiger charge is 2.40. The Kier molecular flexibility index (Phi) is 5.38. The zero-order chi connectivity index (χ0) is 16.8. The molecule has 1 aliphatic heterocycles. The number of nitrogens with zero attached hydrogens (tertiary/aromatic N) is 2. The molecule has 0 aromatic heterocycles. The second kappa shape index (κ2) is 7.69. The number of rotatable bonds is 5. The van der Waals surface area contributed by atoms with Crippen LogP contribution >= 0.6 is 0 Å². The van der Waals surface area contributed by atoms with Gasteiger partial charge in [-0.25, -0.2) is 4.90 Å². The first-order chi connectivity index (χ1) is 11.7. The Bertz CT molecular complexity index is 648.